The van der Waals surface area contributed by atoms with Crippen LogP contribution in [0.2, 0.25) is 0 Å². The quantitative estimate of drug-likeness (QED) is 0.574. The lowest BCUT2D eigenvalue weighted by Crippen LogP contribution is -2.43. The fourth-order valence-corrected chi connectivity index (χ4v) is 5.10. The Hall–Kier alpha value is -1.92. The van der Waals surface area contributed by atoms with Crippen LogP contribution in [0.25, 0.3) is 0 Å². The Kier molecular flexibility index (Phi) is 6.16. The highest BCUT2D eigenvalue weighted by molar-refractivity contribution is 9.10. The number of piperidine rings is 1. The van der Waals surface area contributed by atoms with Crippen molar-refractivity contribution in [2.24, 2.45) is 5.92 Å². The van der Waals surface area contributed by atoms with E-state index in [-0.39, 0.29) is 18.1 Å². The number of fused-ring (bicyclic) bond motifs is 1. The van der Waals surface area contributed by atoms with Gasteiger partial charge in [-0.25, -0.2) is 4.39 Å². The molecule has 30 heavy (non-hydrogen) atoms. The summed E-state index contributed by atoms with van der Waals surface area (Å²) in [5.74, 6) is 0.871. The van der Waals surface area contributed by atoms with Crippen molar-refractivity contribution in [1.82, 2.24) is 4.90 Å². The van der Waals surface area contributed by atoms with Gasteiger partial charge in [0.2, 0.25) is 0 Å². The molecular formula is C24H27BrFNO3. The third kappa shape index (κ3) is 4.26. The van der Waals surface area contributed by atoms with Crippen molar-refractivity contribution in [3.63, 3.8) is 0 Å². The number of benzene rings is 2. The lowest BCUT2D eigenvalue weighted by atomic mass is 9.82. The second kappa shape index (κ2) is 8.67. The molecule has 0 spiro atoms. The van der Waals surface area contributed by atoms with Crippen molar-refractivity contribution < 1.29 is 18.7 Å². The van der Waals surface area contributed by atoms with Crippen LogP contribution in [0.4, 0.5) is 4.39 Å². The molecule has 4 nitrogen and oxygen atoms in total. The third-order valence-corrected chi connectivity index (χ3v) is 7.20. The first-order chi connectivity index (χ1) is 14.4. The Morgan fingerprint density at radius 2 is 1.80 bits per heavy atom. The number of methoxy groups -OCH3 is 2. The van der Waals surface area contributed by atoms with E-state index < -0.39 is 5.67 Å². The van der Waals surface area contributed by atoms with E-state index in [9.17, 15) is 4.79 Å². The van der Waals surface area contributed by atoms with Crippen LogP contribution in [0, 0.1) is 5.92 Å². The fourth-order valence-electron chi connectivity index (χ4n) is 4.69. The summed E-state index contributed by atoms with van der Waals surface area (Å²) in [5.41, 5.74) is 1.50. The Morgan fingerprint density at radius 1 is 1.13 bits per heavy atom. The predicted octanol–water partition coefficient (Wildman–Crippen LogP) is 5.22. The number of ether oxygens (including phenoxy) is 2. The first kappa shape index (κ1) is 21.3. The molecule has 2 aliphatic rings. The van der Waals surface area contributed by atoms with Crippen molar-refractivity contribution in [2.75, 3.05) is 27.3 Å². The highest BCUT2D eigenvalue weighted by Crippen LogP contribution is 2.42. The number of halogens is 2. The van der Waals surface area contributed by atoms with E-state index in [1.807, 2.05) is 24.3 Å². The molecule has 1 fully saturated rings. The zero-order chi connectivity index (χ0) is 21.3. The molecule has 0 saturated carbocycles. The minimum Gasteiger partial charge on any atom is -0.493 e. The van der Waals surface area contributed by atoms with Crippen LogP contribution in [0.5, 0.6) is 11.5 Å². The summed E-state index contributed by atoms with van der Waals surface area (Å²) >= 11 is 3.59. The summed E-state index contributed by atoms with van der Waals surface area (Å²) in [5, 5.41) is 0. The maximum Gasteiger partial charge on any atom is 0.166 e. The molecular weight excluding hydrogens is 449 g/mol. The Morgan fingerprint density at radius 3 is 2.47 bits per heavy atom. The zero-order valence-corrected chi connectivity index (χ0v) is 19.0. The molecule has 1 atom stereocenters. The van der Waals surface area contributed by atoms with Crippen molar-refractivity contribution in [3.8, 4) is 11.5 Å². The highest BCUT2D eigenvalue weighted by atomic mass is 79.9. The molecule has 0 N–H and O–H groups in total. The standard InChI is InChI=1S/C24H27BrFNO3/c1-29-21-12-17-11-18(23(28)19(17)13-22(21)30-2)14-24(26)7-9-27(10-8-24)15-16-5-3-4-6-20(16)25/h3-6,12-13,18H,7-11,14-15H2,1-2H3. The largest absolute Gasteiger partial charge is 0.493 e. The maximum absolute atomic E-state index is 15.7. The number of likely N-dealkylation sites (tertiary alicyclic amines) is 1. The van der Waals surface area contributed by atoms with Crippen LogP contribution < -0.4 is 9.47 Å². The topological polar surface area (TPSA) is 38.8 Å². The number of alkyl halides is 1. The Bertz CT molecular complexity index is 940. The van der Waals surface area contributed by atoms with Crippen molar-refractivity contribution in [2.45, 2.75) is 37.9 Å². The maximum atomic E-state index is 15.7. The molecule has 1 heterocycles. The normalized spacial score (nSPS) is 20.8. The number of nitrogens with zero attached hydrogens (tertiary/aromatic N) is 1. The van der Waals surface area contributed by atoms with Crippen LogP contribution >= 0.6 is 15.9 Å². The van der Waals surface area contributed by atoms with Gasteiger partial charge in [0, 0.05) is 35.6 Å². The van der Waals surface area contributed by atoms with Gasteiger partial charge in [-0.2, -0.15) is 0 Å². The van der Waals surface area contributed by atoms with E-state index in [0.29, 0.717) is 49.4 Å². The molecule has 1 unspecified atom stereocenters. The van der Waals surface area contributed by atoms with Gasteiger partial charge in [-0.15, -0.1) is 0 Å². The Labute approximate surface area is 185 Å². The molecule has 0 amide bonds. The van der Waals surface area contributed by atoms with Crippen LogP contribution in [-0.4, -0.2) is 43.7 Å². The molecule has 0 aromatic heterocycles. The van der Waals surface area contributed by atoms with E-state index in [0.717, 1.165) is 16.6 Å². The second-order valence-electron chi connectivity index (χ2n) is 8.35. The number of hydrogen-bond acceptors (Lipinski definition) is 4. The first-order valence-corrected chi connectivity index (χ1v) is 11.2. The highest BCUT2D eigenvalue weighted by Gasteiger charge is 2.42. The summed E-state index contributed by atoms with van der Waals surface area (Å²) in [7, 11) is 3.14. The van der Waals surface area contributed by atoms with Crippen LogP contribution in [0.1, 0.15) is 40.7 Å². The minimum atomic E-state index is -1.29. The monoisotopic (exact) mass is 475 g/mol. The zero-order valence-electron chi connectivity index (χ0n) is 17.4. The molecule has 4 rings (SSSR count). The van der Waals surface area contributed by atoms with Gasteiger partial charge in [-0.05, 0) is 55.0 Å². The van der Waals surface area contributed by atoms with Crippen molar-refractivity contribution >= 4 is 21.7 Å². The lowest BCUT2D eigenvalue weighted by Gasteiger charge is -2.37. The molecule has 1 aliphatic carbocycles. The minimum absolute atomic E-state index is 0.0265. The summed E-state index contributed by atoms with van der Waals surface area (Å²) in [4.78, 5) is 15.2. The number of rotatable bonds is 6. The van der Waals surface area contributed by atoms with Crippen LogP contribution in [0.15, 0.2) is 40.9 Å². The van der Waals surface area contributed by atoms with Gasteiger partial charge in [-0.1, -0.05) is 34.1 Å². The van der Waals surface area contributed by atoms with E-state index >= 15 is 4.39 Å². The van der Waals surface area contributed by atoms with Crippen molar-refractivity contribution in [3.05, 3.63) is 57.6 Å². The molecule has 0 bridgehead atoms. The molecule has 160 valence electrons. The number of carbonyl (C=O) groups is 1. The van der Waals surface area contributed by atoms with Gasteiger partial charge >= 0.3 is 0 Å². The average Bonchev–Trinajstić information content (AvgIpc) is 3.04. The number of hydrogen-bond donors (Lipinski definition) is 0. The van der Waals surface area contributed by atoms with Gasteiger partial charge in [0.1, 0.15) is 5.67 Å². The predicted molar refractivity (Wildman–Crippen MR) is 118 cm³/mol. The third-order valence-electron chi connectivity index (χ3n) is 6.43. The molecule has 0 radical (unpaired) electrons. The Balaban J connectivity index is 1.39. The van der Waals surface area contributed by atoms with E-state index in [2.05, 4.69) is 26.9 Å². The van der Waals surface area contributed by atoms with Gasteiger partial charge in [0.25, 0.3) is 0 Å². The summed E-state index contributed by atoms with van der Waals surface area (Å²) in [6.07, 6.45) is 1.78. The van der Waals surface area contributed by atoms with E-state index in [1.54, 1.807) is 20.3 Å². The molecule has 6 heteroatoms. The van der Waals surface area contributed by atoms with Crippen LogP contribution in [-0.2, 0) is 13.0 Å². The molecule has 2 aromatic carbocycles. The van der Waals surface area contributed by atoms with Gasteiger partial charge in [0.05, 0.1) is 14.2 Å². The smallest absolute Gasteiger partial charge is 0.166 e. The summed E-state index contributed by atoms with van der Waals surface area (Å²) in [6, 6.07) is 11.7. The fraction of sp³-hybridized carbons (Fsp3) is 0.458. The number of carbonyl (C=O) groups excluding carboxylic acids is 1. The van der Waals surface area contributed by atoms with E-state index in [1.165, 1.54) is 5.56 Å². The SMILES string of the molecule is COc1cc2c(cc1OC)C(=O)C(CC1(F)CCN(Cc3ccccc3Br)CC1)C2. The van der Waals surface area contributed by atoms with E-state index in [4.69, 9.17) is 9.47 Å². The molecule has 2 aromatic rings. The molecule has 1 saturated heterocycles. The van der Waals surface area contributed by atoms with Crippen molar-refractivity contribution in [1.29, 1.82) is 0 Å². The summed E-state index contributed by atoms with van der Waals surface area (Å²) in [6.45, 7) is 2.21. The lowest BCUT2D eigenvalue weighted by molar-refractivity contribution is 0.0335. The van der Waals surface area contributed by atoms with Gasteiger partial charge < -0.3 is 9.47 Å². The number of Topliss-reactive ketones (excluding diaryl/α,β-unsaturated/α-hetero) is 1. The molecule has 1 aliphatic heterocycles. The van der Waals surface area contributed by atoms with Gasteiger partial charge in [0.15, 0.2) is 17.3 Å². The summed E-state index contributed by atoms with van der Waals surface area (Å²) < 4.78 is 27.4. The van der Waals surface area contributed by atoms with Crippen LogP contribution in [0.3, 0.4) is 0 Å². The van der Waals surface area contributed by atoms with Gasteiger partial charge in [-0.3, -0.25) is 9.69 Å². The number of ketones is 1. The second-order valence-corrected chi connectivity index (χ2v) is 9.21. The average molecular weight is 476 g/mol. The first-order valence-electron chi connectivity index (χ1n) is 10.4.